The average Bonchev–Trinajstić information content (AvgIpc) is 2.65. The number of benzene rings is 1. The van der Waals surface area contributed by atoms with Gasteiger partial charge in [-0.3, -0.25) is 14.8 Å². The second-order valence-corrected chi connectivity index (χ2v) is 3.27. The molecule has 1 aromatic heterocycles. The fraction of sp³-hybridized carbons (Fsp3) is 0.100. The van der Waals surface area contributed by atoms with Crippen molar-refractivity contribution in [1.82, 2.24) is 9.78 Å². The molecule has 0 bridgehead atoms. The van der Waals surface area contributed by atoms with Crippen molar-refractivity contribution >= 4 is 17.2 Å². The largest absolute Gasteiger partial charge is 0.340 e. The van der Waals surface area contributed by atoms with E-state index in [4.69, 9.17) is 0 Å². The molecule has 1 heterocycles. The highest BCUT2D eigenvalue weighted by molar-refractivity contribution is 5.59. The minimum Gasteiger partial charge on any atom is -0.340 e. The number of nitro benzene ring substituents is 1. The predicted molar refractivity (Wildman–Crippen MR) is 59.6 cm³/mol. The van der Waals surface area contributed by atoms with E-state index in [0.717, 1.165) is 5.82 Å². The molecule has 0 radical (unpaired) electrons. The average molecular weight is 218 g/mol. The van der Waals surface area contributed by atoms with E-state index in [1.54, 1.807) is 36.1 Å². The highest BCUT2D eigenvalue weighted by atomic mass is 16.6. The van der Waals surface area contributed by atoms with Crippen LogP contribution in [0.25, 0.3) is 0 Å². The zero-order valence-corrected chi connectivity index (χ0v) is 8.62. The number of aryl methyl sites for hydroxylation is 1. The summed E-state index contributed by atoms with van der Waals surface area (Å²) in [5.41, 5.74) is 0.727. The minimum atomic E-state index is -0.422. The SMILES string of the molecule is Cn1nccc1Nc1cccc([N+](=O)[O-])c1. The molecule has 1 aromatic carbocycles. The van der Waals surface area contributed by atoms with Gasteiger partial charge in [-0.1, -0.05) is 6.07 Å². The molecule has 0 amide bonds. The first-order valence-electron chi connectivity index (χ1n) is 4.66. The first-order valence-corrected chi connectivity index (χ1v) is 4.66. The van der Waals surface area contributed by atoms with E-state index in [0.29, 0.717) is 5.69 Å². The van der Waals surface area contributed by atoms with Crippen LogP contribution in [0.5, 0.6) is 0 Å². The lowest BCUT2D eigenvalue weighted by molar-refractivity contribution is -0.384. The van der Waals surface area contributed by atoms with Gasteiger partial charge < -0.3 is 5.32 Å². The topological polar surface area (TPSA) is 73.0 Å². The van der Waals surface area contributed by atoms with Gasteiger partial charge in [0.25, 0.3) is 5.69 Å². The molecule has 6 nitrogen and oxygen atoms in total. The number of non-ortho nitro benzene ring substituents is 1. The Kier molecular flexibility index (Phi) is 2.55. The monoisotopic (exact) mass is 218 g/mol. The molecule has 82 valence electrons. The van der Waals surface area contributed by atoms with Crippen LogP contribution in [-0.4, -0.2) is 14.7 Å². The summed E-state index contributed by atoms with van der Waals surface area (Å²) in [5, 5.41) is 17.6. The van der Waals surface area contributed by atoms with Crippen molar-refractivity contribution in [3.8, 4) is 0 Å². The molecular formula is C10H10N4O2. The number of nitrogens with one attached hydrogen (secondary N) is 1. The number of nitrogens with zero attached hydrogens (tertiary/aromatic N) is 3. The van der Waals surface area contributed by atoms with Gasteiger partial charge in [0.05, 0.1) is 11.1 Å². The molecule has 0 aliphatic heterocycles. The van der Waals surface area contributed by atoms with Crippen LogP contribution in [0.3, 0.4) is 0 Å². The smallest absolute Gasteiger partial charge is 0.271 e. The summed E-state index contributed by atoms with van der Waals surface area (Å²) in [4.78, 5) is 10.2. The summed E-state index contributed by atoms with van der Waals surface area (Å²) in [6.07, 6.45) is 1.65. The van der Waals surface area contributed by atoms with Gasteiger partial charge in [-0.2, -0.15) is 5.10 Å². The molecule has 0 fully saturated rings. The maximum atomic E-state index is 10.6. The summed E-state index contributed by atoms with van der Waals surface area (Å²) in [6.45, 7) is 0. The van der Waals surface area contributed by atoms with Crippen LogP contribution < -0.4 is 5.32 Å². The number of rotatable bonds is 3. The van der Waals surface area contributed by atoms with Crippen LogP contribution in [-0.2, 0) is 7.05 Å². The third-order valence-electron chi connectivity index (χ3n) is 2.15. The van der Waals surface area contributed by atoms with Gasteiger partial charge in [0.1, 0.15) is 5.82 Å². The second-order valence-electron chi connectivity index (χ2n) is 3.27. The summed E-state index contributed by atoms with van der Waals surface area (Å²) < 4.78 is 1.65. The maximum Gasteiger partial charge on any atom is 0.271 e. The van der Waals surface area contributed by atoms with Gasteiger partial charge in [0, 0.05) is 30.9 Å². The van der Waals surface area contributed by atoms with Gasteiger partial charge in [-0.05, 0) is 6.07 Å². The molecule has 0 unspecified atom stereocenters. The van der Waals surface area contributed by atoms with Gasteiger partial charge >= 0.3 is 0 Å². The fourth-order valence-corrected chi connectivity index (χ4v) is 1.34. The number of anilines is 2. The zero-order chi connectivity index (χ0) is 11.5. The number of hydrogen-bond acceptors (Lipinski definition) is 4. The second kappa shape index (κ2) is 4.01. The molecule has 6 heteroatoms. The number of aromatic nitrogens is 2. The maximum absolute atomic E-state index is 10.6. The van der Waals surface area contributed by atoms with E-state index in [1.807, 2.05) is 0 Å². The predicted octanol–water partition coefficient (Wildman–Crippen LogP) is 2.07. The third kappa shape index (κ3) is 2.00. The Morgan fingerprint density at radius 2 is 2.25 bits per heavy atom. The zero-order valence-electron chi connectivity index (χ0n) is 8.62. The quantitative estimate of drug-likeness (QED) is 0.632. The Morgan fingerprint density at radius 1 is 1.44 bits per heavy atom. The lowest BCUT2D eigenvalue weighted by Crippen LogP contribution is -1.99. The van der Waals surface area contributed by atoms with Crippen LogP contribution in [0.4, 0.5) is 17.2 Å². The summed E-state index contributed by atoms with van der Waals surface area (Å²) in [5.74, 6) is 0.778. The Labute approximate surface area is 91.7 Å². The molecule has 0 aliphatic rings. The molecule has 0 saturated heterocycles. The fourth-order valence-electron chi connectivity index (χ4n) is 1.34. The molecule has 16 heavy (non-hydrogen) atoms. The van der Waals surface area contributed by atoms with E-state index >= 15 is 0 Å². The number of hydrogen-bond donors (Lipinski definition) is 1. The molecule has 0 saturated carbocycles. The van der Waals surface area contributed by atoms with Crippen molar-refractivity contribution in [2.75, 3.05) is 5.32 Å². The highest BCUT2D eigenvalue weighted by Gasteiger charge is 2.06. The van der Waals surface area contributed by atoms with Crippen LogP contribution >= 0.6 is 0 Å². The molecule has 2 rings (SSSR count). The molecule has 0 atom stereocenters. The van der Waals surface area contributed by atoms with Crippen molar-refractivity contribution < 1.29 is 4.92 Å². The summed E-state index contributed by atoms with van der Waals surface area (Å²) >= 11 is 0. The number of nitro groups is 1. The third-order valence-corrected chi connectivity index (χ3v) is 2.15. The first kappa shape index (κ1) is 10.2. The molecule has 0 aliphatic carbocycles. The highest BCUT2D eigenvalue weighted by Crippen LogP contribution is 2.20. The summed E-state index contributed by atoms with van der Waals surface area (Å²) in [6, 6.07) is 8.12. The lowest BCUT2D eigenvalue weighted by Gasteiger charge is -2.05. The molecule has 0 spiro atoms. The van der Waals surface area contributed by atoms with Crippen LogP contribution in [0.2, 0.25) is 0 Å². The van der Waals surface area contributed by atoms with E-state index in [9.17, 15) is 10.1 Å². The Balaban J connectivity index is 2.25. The van der Waals surface area contributed by atoms with Crippen LogP contribution in [0.1, 0.15) is 0 Å². The van der Waals surface area contributed by atoms with Gasteiger partial charge in [0.15, 0.2) is 0 Å². The summed E-state index contributed by atoms with van der Waals surface area (Å²) in [7, 11) is 1.79. The standard InChI is InChI=1S/C10H10N4O2/c1-13-10(5-6-11-13)12-8-3-2-4-9(7-8)14(15)16/h2-7,12H,1H3. The molecule has 2 aromatic rings. The van der Waals surface area contributed by atoms with Gasteiger partial charge in [-0.15, -0.1) is 0 Å². The van der Waals surface area contributed by atoms with E-state index < -0.39 is 4.92 Å². The van der Waals surface area contributed by atoms with Crippen molar-refractivity contribution in [3.63, 3.8) is 0 Å². The Hall–Kier alpha value is -2.37. The lowest BCUT2D eigenvalue weighted by atomic mass is 10.3. The minimum absolute atomic E-state index is 0.0622. The van der Waals surface area contributed by atoms with Crippen molar-refractivity contribution in [2.45, 2.75) is 0 Å². The molecular weight excluding hydrogens is 208 g/mol. The van der Waals surface area contributed by atoms with Crippen molar-refractivity contribution in [1.29, 1.82) is 0 Å². The van der Waals surface area contributed by atoms with Crippen molar-refractivity contribution in [3.05, 3.63) is 46.6 Å². The Bertz CT molecular complexity index is 521. The van der Waals surface area contributed by atoms with E-state index in [1.165, 1.54) is 12.1 Å². The van der Waals surface area contributed by atoms with Gasteiger partial charge in [0.2, 0.25) is 0 Å². The normalized spacial score (nSPS) is 10.1. The van der Waals surface area contributed by atoms with Crippen LogP contribution in [0, 0.1) is 10.1 Å². The van der Waals surface area contributed by atoms with E-state index in [2.05, 4.69) is 10.4 Å². The van der Waals surface area contributed by atoms with Crippen LogP contribution in [0.15, 0.2) is 36.5 Å². The Morgan fingerprint density at radius 3 is 2.88 bits per heavy atom. The first-order chi connectivity index (χ1) is 7.66. The van der Waals surface area contributed by atoms with Gasteiger partial charge in [-0.25, -0.2) is 0 Å². The van der Waals surface area contributed by atoms with E-state index in [-0.39, 0.29) is 5.69 Å². The molecule has 1 N–H and O–H groups in total. The van der Waals surface area contributed by atoms with Crippen molar-refractivity contribution in [2.24, 2.45) is 7.05 Å².